The van der Waals surface area contributed by atoms with Gasteiger partial charge < -0.3 is 14.8 Å². The lowest BCUT2D eigenvalue weighted by molar-refractivity contribution is -0.141. The number of alkyl halides is 3. The van der Waals surface area contributed by atoms with E-state index in [-0.39, 0.29) is 26.7 Å². The second-order valence-corrected chi connectivity index (χ2v) is 7.04. The van der Waals surface area contributed by atoms with Crippen LogP contribution < -0.4 is 5.32 Å². The van der Waals surface area contributed by atoms with Crippen LogP contribution >= 0.6 is 11.3 Å². The van der Waals surface area contributed by atoms with Gasteiger partial charge in [-0.3, -0.25) is 9.48 Å². The summed E-state index contributed by atoms with van der Waals surface area (Å²) in [5.41, 5.74) is -0.770. The number of hydrogen-bond acceptors (Lipinski definition) is 7. The Morgan fingerprint density at radius 3 is 2.24 bits per heavy atom. The molecule has 2 rings (SSSR count). The summed E-state index contributed by atoms with van der Waals surface area (Å²) >= 11 is 0.800. The minimum Gasteiger partial charge on any atom is -0.465 e. The van der Waals surface area contributed by atoms with E-state index < -0.39 is 35.8 Å². The SMILES string of the molecule is COC(=O)c1sc(NC(=O)C(C)n2nc(C(F)(F)F)cc2C)c(C(=O)OC)c1C. The summed E-state index contributed by atoms with van der Waals surface area (Å²) in [6, 6.07) is -0.297. The van der Waals surface area contributed by atoms with Gasteiger partial charge in [-0.1, -0.05) is 0 Å². The predicted molar refractivity (Wildman–Crippen MR) is 97.0 cm³/mol. The number of halogens is 3. The van der Waals surface area contributed by atoms with Crippen molar-refractivity contribution in [2.24, 2.45) is 0 Å². The Morgan fingerprint density at radius 1 is 1.17 bits per heavy atom. The number of amides is 1. The molecule has 12 heteroatoms. The summed E-state index contributed by atoms with van der Waals surface area (Å²) in [6.45, 7) is 4.23. The number of rotatable bonds is 5. The van der Waals surface area contributed by atoms with Crippen LogP contribution in [0.15, 0.2) is 6.07 Å². The largest absolute Gasteiger partial charge is 0.465 e. The van der Waals surface area contributed by atoms with Crippen LogP contribution in [-0.2, 0) is 20.4 Å². The molecule has 0 aliphatic rings. The first-order valence-corrected chi connectivity index (χ1v) is 8.98. The van der Waals surface area contributed by atoms with Crippen molar-refractivity contribution in [3.05, 3.63) is 33.5 Å². The van der Waals surface area contributed by atoms with Crippen LogP contribution in [0.2, 0.25) is 0 Å². The molecule has 158 valence electrons. The van der Waals surface area contributed by atoms with E-state index in [9.17, 15) is 27.6 Å². The van der Waals surface area contributed by atoms with E-state index >= 15 is 0 Å². The molecule has 0 saturated heterocycles. The van der Waals surface area contributed by atoms with Crippen molar-refractivity contribution in [3.63, 3.8) is 0 Å². The minimum absolute atomic E-state index is 0.0208. The molecule has 0 spiro atoms. The number of thiophene rings is 1. The number of nitrogens with one attached hydrogen (secondary N) is 1. The molecule has 0 aliphatic heterocycles. The smallest absolute Gasteiger partial charge is 0.435 e. The van der Waals surface area contributed by atoms with Crippen molar-refractivity contribution in [1.82, 2.24) is 9.78 Å². The fourth-order valence-corrected chi connectivity index (χ4v) is 3.70. The first kappa shape index (κ1) is 22.4. The average molecular weight is 433 g/mol. The molecule has 0 aliphatic carbocycles. The quantitative estimate of drug-likeness (QED) is 0.726. The third-order valence-electron chi connectivity index (χ3n) is 4.10. The van der Waals surface area contributed by atoms with E-state index in [1.54, 1.807) is 0 Å². The number of anilines is 1. The monoisotopic (exact) mass is 433 g/mol. The second-order valence-electron chi connectivity index (χ2n) is 6.02. The molecule has 0 saturated carbocycles. The van der Waals surface area contributed by atoms with Crippen molar-refractivity contribution in [2.45, 2.75) is 33.0 Å². The summed E-state index contributed by atoms with van der Waals surface area (Å²) < 4.78 is 48.9. The average Bonchev–Trinajstić information content (AvgIpc) is 3.20. The van der Waals surface area contributed by atoms with Gasteiger partial charge in [0.05, 0.1) is 19.8 Å². The molecule has 1 unspecified atom stereocenters. The Morgan fingerprint density at radius 2 is 1.76 bits per heavy atom. The van der Waals surface area contributed by atoms with Crippen molar-refractivity contribution < 1.29 is 37.0 Å². The van der Waals surface area contributed by atoms with Gasteiger partial charge in [0.1, 0.15) is 15.9 Å². The molecule has 2 aromatic heterocycles. The lowest BCUT2D eigenvalue weighted by Gasteiger charge is -2.14. The Bertz CT molecular complexity index is 964. The van der Waals surface area contributed by atoms with Gasteiger partial charge in [0, 0.05) is 5.69 Å². The number of aromatic nitrogens is 2. The zero-order valence-corrected chi connectivity index (χ0v) is 16.9. The maximum atomic E-state index is 12.9. The topological polar surface area (TPSA) is 99.5 Å². The summed E-state index contributed by atoms with van der Waals surface area (Å²) in [5, 5.41) is 5.94. The maximum absolute atomic E-state index is 12.9. The van der Waals surface area contributed by atoms with Crippen molar-refractivity contribution in [3.8, 4) is 0 Å². The van der Waals surface area contributed by atoms with E-state index in [1.165, 1.54) is 27.9 Å². The van der Waals surface area contributed by atoms with Crippen molar-refractivity contribution >= 4 is 34.2 Å². The third kappa shape index (κ3) is 4.42. The summed E-state index contributed by atoms with van der Waals surface area (Å²) in [5.74, 6) is -2.22. The van der Waals surface area contributed by atoms with E-state index in [2.05, 4.69) is 15.2 Å². The summed E-state index contributed by atoms with van der Waals surface area (Å²) in [7, 11) is 2.30. The maximum Gasteiger partial charge on any atom is 0.435 e. The molecule has 1 amide bonds. The lowest BCUT2D eigenvalue weighted by atomic mass is 10.1. The Kier molecular flexibility index (Phi) is 6.36. The Hall–Kier alpha value is -2.89. The van der Waals surface area contributed by atoms with Gasteiger partial charge in [0.25, 0.3) is 0 Å². The molecule has 2 aromatic rings. The van der Waals surface area contributed by atoms with Gasteiger partial charge in [-0.2, -0.15) is 18.3 Å². The lowest BCUT2D eigenvalue weighted by Crippen LogP contribution is -2.26. The van der Waals surface area contributed by atoms with Gasteiger partial charge >= 0.3 is 18.1 Å². The van der Waals surface area contributed by atoms with Crippen LogP contribution in [0.1, 0.15) is 49.9 Å². The van der Waals surface area contributed by atoms with E-state index in [0.717, 1.165) is 29.2 Å². The number of hydrogen-bond donors (Lipinski definition) is 1. The Labute approximate surface area is 167 Å². The zero-order valence-electron chi connectivity index (χ0n) is 16.1. The fourth-order valence-electron chi connectivity index (χ4n) is 2.58. The second kappa shape index (κ2) is 8.23. The molecule has 8 nitrogen and oxygen atoms in total. The molecule has 1 N–H and O–H groups in total. The van der Waals surface area contributed by atoms with Gasteiger partial charge in [0.15, 0.2) is 5.69 Å². The standard InChI is InChI=1S/C17H18F3N3O5S/c1-7-6-10(17(18,19)20)22-23(7)9(3)13(24)21-14-11(15(25)27-4)8(2)12(29-14)16(26)28-5/h6,9H,1-5H3,(H,21,24). The van der Waals surface area contributed by atoms with Gasteiger partial charge in [-0.15, -0.1) is 11.3 Å². The van der Waals surface area contributed by atoms with Crippen molar-refractivity contribution in [1.29, 1.82) is 0 Å². The highest BCUT2D eigenvalue weighted by Crippen LogP contribution is 2.35. The van der Waals surface area contributed by atoms with Gasteiger partial charge in [0.2, 0.25) is 5.91 Å². The number of ether oxygens (including phenoxy) is 2. The first-order valence-electron chi connectivity index (χ1n) is 8.16. The van der Waals surface area contributed by atoms with Crippen LogP contribution in [0.25, 0.3) is 0 Å². The van der Waals surface area contributed by atoms with Crippen LogP contribution in [-0.4, -0.2) is 41.8 Å². The molecule has 0 bridgehead atoms. The molecule has 1 atom stereocenters. The molecule has 2 heterocycles. The Balaban J connectivity index is 2.38. The van der Waals surface area contributed by atoms with E-state index in [0.29, 0.717) is 0 Å². The fraction of sp³-hybridized carbons (Fsp3) is 0.412. The van der Waals surface area contributed by atoms with Crippen LogP contribution in [0.3, 0.4) is 0 Å². The van der Waals surface area contributed by atoms with Gasteiger partial charge in [-0.25, -0.2) is 9.59 Å². The van der Waals surface area contributed by atoms with E-state index in [1.807, 2.05) is 0 Å². The number of carbonyl (C=O) groups is 3. The number of nitrogens with zero attached hydrogens (tertiary/aromatic N) is 2. The summed E-state index contributed by atoms with van der Waals surface area (Å²) in [6.07, 6.45) is -4.65. The number of aryl methyl sites for hydroxylation is 1. The van der Waals surface area contributed by atoms with Crippen molar-refractivity contribution in [2.75, 3.05) is 19.5 Å². The van der Waals surface area contributed by atoms with E-state index in [4.69, 9.17) is 4.74 Å². The normalized spacial score (nSPS) is 12.4. The highest BCUT2D eigenvalue weighted by Gasteiger charge is 2.35. The molecular formula is C17H18F3N3O5S. The molecule has 0 radical (unpaired) electrons. The molecule has 0 aromatic carbocycles. The number of methoxy groups -OCH3 is 2. The van der Waals surface area contributed by atoms with Crippen LogP contribution in [0.4, 0.5) is 18.2 Å². The number of esters is 2. The number of carbonyl (C=O) groups excluding carboxylic acids is 3. The highest BCUT2D eigenvalue weighted by molar-refractivity contribution is 7.18. The highest BCUT2D eigenvalue weighted by atomic mass is 32.1. The molecule has 29 heavy (non-hydrogen) atoms. The molecule has 0 fully saturated rings. The predicted octanol–water partition coefficient (Wildman–Crippen LogP) is 3.35. The first-order chi connectivity index (χ1) is 13.4. The van der Waals surface area contributed by atoms with Gasteiger partial charge in [-0.05, 0) is 32.4 Å². The van der Waals surface area contributed by atoms with Crippen LogP contribution in [0, 0.1) is 13.8 Å². The van der Waals surface area contributed by atoms with Crippen LogP contribution in [0.5, 0.6) is 0 Å². The summed E-state index contributed by atoms with van der Waals surface area (Å²) in [4.78, 5) is 36.7. The zero-order chi connectivity index (χ0) is 22.1. The molecular weight excluding hydrogens is 415 g/mol. The minimum atomic E-state index is -4.65. The third-order valence-corrected chi connectivity index (χ3v) is 5.29.